The van der Waals surface area contributed by atoms with Crippen molar-refractivity contribution in [2.24, 2.45) is 0 Å². The molecule has 2 aromatic heterocycles. The van der Waals surface area contributed by atoms with Crippen LogP contribution in [0.1, 0.15) is 10.4 Å². The van der Waals surface area contributed by atoms with Crippen LogP contribution in [0, 0.1) is 6.92 Å². The van der Waals surface area contributed by atoms with Crippen molar-refractivity contribution in [2.75, 3.05) is 17.7 Å². The zero-order valence-electron chi connectivity index (χ0n) is 10.1. The Balaban J connectivity index is 2.16. The minimum atomic E-state index is 0.514. The molecular weight excluding hydrogens is 289 g/mol. The lowest BCUT2D eigenvalue weighted by Gasteiger charge is -2.10. The Morgan fingerprint density at radius 2 is 2.00 bits per heavy atom. The molecule has 0 bridgehead atoms. The summed E-state index contributed by atoms with van der Waals surface area (Å²) in [5.74, 6) is 1.25. The zero-order chi connectivity index (χ0) is 13.1. The molecule has 6 heteroatoms. The molecule has 0 aliphatic heterocycles. The Bertz CT molecular complexity index is 554. The number of hydrogen-bond donors (Lipinski definition) is 2. The zero-order valence-corrected chi connectivity index (χ0v) is 12.4. The molecule has 0 aliphatic rings. The summed E-state index contributed by atoms with van der Waals surface area (Å²) >= 11 is 13.8. The standard InChI is InChI=1S/C12H13Cl2N3S/c1-7-3-4-18-10(7)6-16-12-9(14)5-8(13)11(15-2)17-12/h3-5H,6H2,1-2H3,(H2,15,16,17). The molecule has 2 rings (SSSR count). The van der Waals surface area contributed by atoms with Crippen molar-refractivity contribution >= 4 is 46.2 Å². The van der Waals surface area contributed by atoms with Crippen molar-refractivity contribution in [3.63, 3.8) is 0 Å². The molecule has 0 fully saturated rings. The summed E-state index contributed by atoms with van der Waals surface area (Å²) in [5.41, 5.74) is 1.27. The predicted octanol–water partition coefficient (Wildman–Crippen LogP) is 4.41. The smallest absolute Gasteiger partial charge is 0.147 e. The minimum Gasteiger partial charge on any atom is -0.372 e. The van der Waals surface area contributed by atoms with E-state index < -0.39 is 0 Å². The highest BCUT2D eigenvalue weighted by Gasteiger charge is 2.08. The van der Waals surface area contributed by atoms with Gasteiger partial charge < -0.3 is 10.6 Å². The summed E-state index contributed by atoms with van der Waals surface area (Å²) < 4.78 is 0. The first kappa shape index (κ1) is 13.5. The van der Waals surface area contributed by atoms with Gasteiger partial charge in [0, 0.05) is 11.9 Å². The molecular formula is C12H13Cl2N3S. The summed E-state index contributed by atoms with van der Waals surface area (Å²) in [5, 5.41) is 9.26. The number of thiophene rings is 1. The lowest BCUT2D eigenvalue weighted by molar-refractivity contribution is 1.12. The Kier molecular flexibility index (Phi) is 4.32. The van der Waals surface area contributed by atoms with Gasteiger partial charge >= 0.3 is 0 Å². The maximum absolute atomic E-state index is 6.10. The maximum Gasteiger partial charge on any atom is 0.147 e. The van der Waals surface area contributed by atoms with Crippen LogP contribution in [0.4, 0.5) is 11.6 Å². The van der Waals surface area contributed by atoms with Gasteiger partial charge in [-0.2, -0.15) is 0 Å². The molecule has 0 saturated heterocycles. The third kappa shape index (κ3) is 2.88. The second-order valence-corrected chi connectivity index (χ2v) is 5.59. The maximum atomic E-state index is 6.10. The molecule has 0 amide bonds. The van der Waals surface area contributed by atoms with Gasteiger partial charge in [0.05, 0.1) is 16.6 Å². The van der Waals surface area contributed by atoms with E-state index in [-0.39, 0.29) is 0 Å². The van der Waals surface area contributed by atoms with E-state index in [4.69, 9.17) is 23.2 Å². The van der Waals surface area contributed by atoms with Crippen LogP contribution in [0.2, 0.25) is 10.0 Å². The summed E-state index contributed by atoms with van der Waals surface area (Å²) in [7, 11) is 1.77. The largest absolute Gasteiger partial charge is 0.372 e. The predicted molar refractivity (Wildman–Crippen MR) is 80.2 cm³/mol. The van der Waals surface area contributed by atoms with Crippen LogP contribution >= 0.6 is 34.5 Å². The molecule has 3 nitrogen and oxygen atoms in total. The highest BCUT2D eigenvalue weighted by Crippen LogP contribution is 2.29. The van der Waals surface area contributed by atoms with Crippen molar-refractivity contribution in [3.8, 4) is 0 Å². The van der Waals surface area contributed by atoms with Crippen LogP contribution in [0.5, 0.6) is 0 Å². The number of rotatable bonds is 4. The molecule has 0 radical (unpaired) electrons. The first-order valence-electron chi connectivity index (χ1n) is 5.42. The molecule has 2 N–H and O–H groups in total. The van der Waals surface area contributed by atoms with Crippen LogP contribution < -0.4 is 10.6 Å². The van der Waals surface area contributed by atoms with Crippen molar-refractivity contribution in [1.82, 2.24) is 4.98 Å². The SMILES string of the molecule is CNc1nc(NCc2sccc2C)c(Cl)cc1Cl. The highest BCUT2D eigenvalue weighted by molar-refractivity contribution is 7.10. The Morgan fingerprint density at radius 1 is 1.28 bits per heavy atom. The molecule has 96 valence electrons. The summed E-state index contributed by atoms with van der Waals surface area (Å²) in [4.78, 5) is 5.61. The minimum absolute atomic E-state index is 0.514. The van der Waals surface area contributed by atoms with E-state index in [9.17, 15) is 0 Å². The van der Waals surface area contributed by atoms with E-state index in [1.807, 2.05) is 0 Å². The second-order valence-electron chi connectivity index (χ2n) is 3.78. The Morgan fingerprint density at radius 3 is 2.61 bits per heavy atom. The molecule has 0 aliphatic carbocycles. The number of hydrogen-bond acceptors (Lipinski definition) is 4. The highest BCUT2D eigenvalue weighted by atomic mass is 35.5. The van der Waals surface area contributed by atoms with Gasteiger partial charge in [-0.15, -0.1) is 11.3 Å². The lowest BCUT2D eigenvalue weighted by atomic mass is 10.3. The monoisotopic (exact) mass is 301 g/mol. The number of anilines is 2. The van der Waals surface area contributed by atoms with Crippen LogP contribution in [0.25, 0.3) is 0 Å². The first-order valence-corrected chi connectivity index (χ1v) is 7.06. The van der Waals surface area contributed by atoms with Crippen molar-refractivity contribution in [2.45, 2.75) is 13.5 Å². The van der Waals surface area contributed by atoms with Gasteiger partial charge in [0.1, 0.15) is 11.6 Å². The molecule has 0 spiro atoms. The molecule has 0 atom stereocenters. The van der Waals surface area contributed by atoms with Gasteiger partial charge in [0.15, 0.2) is 0 Å². The van der Waals surface area contributed by atoms with Gasteiger partial charge in [0.25, 0.3) is 0 Å². The van der Waals surface area contributed by atoms with E-state index in [1.165, 1.54) is 10.4 Å². The Hall–Kier alpha value is -0.970. The van der Waals surface area contributed by atoms with Crippen LogP contribution in [0.15, 0.2) is 17.5 Å². The molecule has 0 unspecified atom stereocenters. The summed E-state index contributed by atoms with van der Waals surface area (Å²) in [6.45, 7) is 2.80. The number of nitrogens with one attached hydrogen (secondary N) is 2. The summed E-state index contributed by atoms with van der Waals surface area (Å²) in [6.07, 6.45) is 0. The van der Waals surface area contributed by atoms with Gasteiger partial charge in [-0.25, -0.2) is 4.98 Å². The number of aromatic nitrogens is 1. The van der Waals surface area contributed by atoms with Crippen LogP contribution in [0.3, 0.4) is 0 Å². The fraction of sp³-hybridized carbons (Fsp3) is 0.250. The van der Waals surface area contributed by atoms with Crippen molar-refractivity contribution < 1.29 is 0 Å². The average Bonchev–Trinajstić information content (AvgIpc) is 2.74. The van der Waals surface area contributed by atoms with Crippen molar-refractivity contribution in [3.05, 3.63) is 38.0 Å². The Labute approximate surface area is 120 Å². The molecule has 18 heavy (non-hydrogen) atoms. The lowest BCUT2D eigenvalue weighted by Crippen LogP contribution is -2.04. The third-order valence-corrected chi connectivity index (χ3v) is 4.15. The summed E-state index contributed by atoms with van der Waals surface area (Å²) in [6, 6.07) is 3.78. The molecule has 2 heterocycles. The van der Waals surface area contributed by atoms with E-state index in [0.29, 0.717) is 28.2 Å². The molecule has 0 saturated carbocycles. The number of halogens is 2. The van der Waals surface area contributed by atoms with E-state index in [0.717, 1.165) is 0 Å². The molecule has 2 aromatic rings. The van der Waals surface area contributed by atoms with Gasteiger partial charge in [0.2, 0.25) is 0 Å². The average molecular weight is 302 g/mol. The van der Waals surface area contributed by atoms with Crippen molar-refractivity contribution in [1.29, 1.82) is 0 Å². The number of nitrogens with zero attached hydrogens (tertiary/aromatic N) is 1. The van der Waals surface area contributed by atoms with Gasteiger partial charge in [-0.05, 0) is 30.0 Å². The van der Waals surface area contributed by atoms with Gasteiger partial charge in [-0.3, -0.25) is 0 Å². The number of aryl methyl sites for hydroxylation is 1. The third-order valence-electron chi connectivity index (χ3n) is 2.55. The van der Waals surface area contributed by atoms with Crippen LogP contribution in [-0.2, 0) is 6.54 Å². The fourth-order valence-electron chi connectivity index (χ4n) is 1.52. The number of pyridine rings is 1. The topological polar surface area (TPSA) is 37.0 Å². The molecule has 0 aromatic carbocycles. The quantitative estimate of drug-likeness (QED) is 0.878. The van der Waals surface area contributed by atoms with E-state index >= 15 is 0 Å². The van der Waals surface area contributed by atoms with Crippen LogP contribution in [-0.4, -0.2) is 12.0 Å². The van der Waals surface area contributed by atoms with E-state index in [2.05, 4.69) is 34.0 Å². The van der Waals surface area contributed by atoms with Gasteiger partial charge in [-0.1, -0.05) is 23.2 Å². The first-order chi connectivity index (χ1) is 8.61. The fourth-order valence-corrected chi connectivity index (χ4v) is 2.88. The second kappa shape index (κ2) is 5.78. The van der Waals surface area contributed by atoms with E-state index in [1.54, 1.807) is 24.5 Å². The normalized spacial score (nSPS) is 10.4.